The van der Waals surface area contributed by atoms with Crippen LogP contribution in [-0.2, 0) is 6.54 Å². The van der Waals surface area contributed by atoms with Gasteiger partial charge in [0.25, 0.3) is 0 Å². The van der Waals surface area contributed by atoms with E-state index in [1.165, 1.54) is 12.1 Å². The predicted molar refractivity (Wildman–Crippen MR) is 81.5 cm³/mol. The fraction of sp³-hybridized carbons (Fsp3) is 0.200. The minimum Gasteiger partial charge on any atom is -0.496 e. The average molecular weight is 314 g/mol. The highest BCUT2D eigenvalue weighted by Gasteiger charge is 2.08. The number of anilines is 1. The molecular weight excluding hydrogens is 300 g/mol. The van der Waals surface area contributed by atoms with Crippen molar-refractivity contribution < 1.29 is 9.13 Å². The summed E-state index contributed by atoms with van der Waals surface area (Å²) in [7, 11) is 1.62. The lowest BCUT2D eigenvalue weighted by Crippen LogP contribution is -2.02. The van der Waals surface area contributed by atoms with E-state index in [-0.39, 0.29) is 10.0 Å². The largest absolute Gasteiger partial charge is 0.496 e. The third kappa shape index (κ3) is 3.35. The summed E-state index contributed by atoms with van der Waals surface area (Å²) in [4.78, 5) is 0. The molecular formula is C15H14Cl2FNO. The smallest absolute Gasteiger partial charge is 0.160 e. The number of ether oxygens (including phenoxy) is 1. The molecule has 0 atom stereocenters. The molecule has 0 saturated heterocycles. The van der Waals surface area contributed by atoms with Crippen molar-refractivity contribution in [3.05, 3.63) is 57.3 Å². The summed E-state index contributed by atoms with van der Waals surface area (Å²) in [6.07, 6.45) is 0. The van der Waals surface area contributed by atoms with Gasteiger partial charge in [0, 0.05) is 17.8 Å². The zero-order valence-electron chi connectivity index (χ0n) is 11.1. The Balaban J connectivity index is 2.18. The van der Waals surface area contributed by atoms with Crippen LogP contribution in [0.25, 0.3) is 0 Å². The lowest BCUT2D eigenvalue weighted by molar-refractivity contribution is 0.410. The first-order valence-electron chi connectivity index (χ1n) is 6.03. The predicted octanol–water partition coefficient (Wildman–Crippen LogP) is 5.06. The Hall–Kier alpha value is -1.45. The highest BCUT2D eigenvalue weighted by Crippen LogP contribution is 2.28. The van der Waals surface area contributed by atoms with Gasteiger partial charge in [-0.3, -0.25) is 0 Å². The first-order valence-corrected chi connectivity index (χ1v) is 6.79. The van der Waals surface area contributed by atoms with Crippen molar-refractivity contribution in [3.63, 3.8) is 0 Å². The molecule has 0 saturated carbocycles. The van der Waals surface area contributed by atoms with Crippen LogP contribution in [0.5, 0.6) is 5.75 Å². The third-order valence-electron chi connectivity index (χ3n) is 2.90. The van der Waals surface area contributed by atoms with Gasteiger partial charge >= 0.3 is 0 Å². The van der Waals surface area contributed by atoms with Gasteiger partial charge in [0.15, 0.2) is 5.82 Å². The molecule has 5 heteroatoms. The molecule has 2 nitrogen and oxygen atoms in total. The molecule has 0 heterocycles. The Labute approximate surface area is 127 Å². The summed E-state index contributed by atoms with van der Waals surface area (Å²) in [5, 5.41) is 3.15. The maximum atomic E-state index is 13.3. The van der Waals surface area contributed by atoms with Crippen molar-refractivity contribution >= 4 is 28.9 Å². The number of rotatable bonds is 4. The monoisotopic (exact) mass is 313 g/mol. The van der Waals surface area contributed by atoms with Crippen LogP contribution in [0.4, 0.5) is 10.1 Å². The second-order valence-electron chi connectivity index (χ2n) is 4.42. The van der Waals surface area contributed by atoms with Gasteiger partial charge in [-0.05, 0) is 25.1 Å². The van der Waals surface area contributed by atoms with Gasteiger partial charge in [0.05, 0.1) is 17.2 Å². The molecule has 0 fully saturated rings. The molecule has 2 aromatic carbocycles. The van der Waals surface area contributed by atoms with Crippen molar-refractivity contribution in [1.82, 2.24) is 0 Å². The van der Waals surface area contributed by atoms with Crippen LogP contribution in [0.1, 0.15) is 11.1 Å². The van der Waals surface area contributed by atoms with Crippen LogP contribution in [-0.4, -0.2) is 7.11 Å². The van der Waals surface area contributed by atoms with Crippen LogP contribution in [0.15, 0.2) is 30.3 Å². The number of hydrogen-bond acceptors (Lipinski definition) is 2. The Morgan fingerprint density at radius 3 is 2.40 bits per heavy atom. The Morgan fingerprint density at radius 2 is 1.80 bits per heavy atom. The molecule has 0 aliphatic heterocycles. The van der Waals surface area contributed by atoms with E-state index >= 15 is 0 Å². The molecule has 1 N–H and O–H groups in total. The summed E-state index contributed by atoms with van der Waals surface area (Å²) in [6.45, 7) is 2.54. The first kappa shape index (κ1) is 14.9. The fourth-order valence-corrected chi connectivity index (χ4v) is 2.39. The summed E-state index contributed by atoms with van der Waals surface area (Å²) in [5.41, 5.74) is 2.80. The highest BCUT2D eigenvalue weighted by molar-refractivity contribution is 6.35. The quantitative estimate of drug-likeness (QED) is 0.796. The Bertz CT molecular complexity index is 608. The van der Waals surface area contributed by atoms with Crippen LogP contribution in [0.3, 0.4) is 0 Å². The minimum absolute atomic E-state index is 0.00351. The van der Waals surface area contributed by atoms with E-state index in [4.69, 9.17) is 27.9 Å². The van der Waals surface area contributed by atoms with Crippen molar-refractivity contribution in [2.45, 2.75) is 13.5 Å². The number of benzene rings is 2. The fourth-order valence-electron chi connectivity index (χ4n) is 1.90. The Morgan fingerprint density at radius 1 is 1.15 bits per heavy atom. The molecule has 106 valence electrons. The van der Waals surface area contributed by atoms with Crippen molar-refractivity contribution in [2.75, 3.05) is 12.4 Å². The summed E-state index contributed by atoms with van der Waals surface area (Å²) < 4.78 is 18.6. The van der Waals surface area contributed by atoms with Crippen LogP contribution in [0, 0.1) is 12.7 Å². The molecule has 0 aromatic heterocycles. The molecule has 0 amide bonds. The maximum Gasteiger partial charge on any atom is 0.160 e. The number of aryl methyl sites for hydroxylation is 1. The molecule has 0 aliphatic carbocycles. The first-order chi connectivity index (χ1) is 9.51. The third-order valence-corrected chi connectivity index (χ3v) is 3.45. The minimum atomic E-state index is -0.605. The molecule has 0 aliphatic rings. The van der Waals surface area contributed by atoms with Crippen LogP contribution >= 0.6 is 23.2 Å². The van der Waals surface area contributed by atoms with Crippen molar-refractivity contribution in [1.29, 1.82) is 0 Å². The van der Waals surface area contributed by atoms with Crippen LogP contribution in [0.2, 0.25) is 10.0 Å². The molecule has 0 bridgehead atoms. The molecule has 0 radical (unpaired) electrons. The van der Waals surface area contributed by atoms with E-state index in [2.05, 4.69) is 5.32 Å². The normalized spacial score (nSPS) is 10.4. The van der Waals surface area contributed by atoms with Gasteiger partial charge in [-0.1, -0.05) is 40.9 Å². The molecule has 0 unspecified atom stereocenters. The lowest BCUT2D eigenvalue weighted by Gasteiger charge is -2.12. The summed E-state index contributed by atoms with van der Waals surface area (Å²) in [5.74, 6) is 0.189. The average Bonchev–Trinajstić information content (AvgIpc) is 2.42. The van der Waals surface area contributed by atoms with E-state index in [0.29, 0.717) is 12.2 Å². The second kappa shape index (κ2) is 6.33. The SMILES string of the molecule is COc1ccc(C)cc1CNc1cc(Cl)c(F)c(Cl)c1. The van der Waals surface area contributed by atoms with E-state index in [9.17, 15) is 4.39 Å². The summed E-state index contributed by atoms with van der Waals surface area (Å²) >= 11 is 11.5. The molecule has 2 rings (SSSR count). The summed E-state index contributed by atoms with van der Waals surface area (Å²) in [6, 6.07) is 8.93. The van der Waals surface area contributed by atoms with Gasteiger partial charge in [0.2, 0.25) is 0 Å². The van der Waals surface area contributed by atoms with Crippen LogP contribution < -0.4 is 10.1 Å². The van der Waals surface area contributed by atoms with E-state index in [1.807, 2.05) is 25.1 Å². The van der Waals surface area contributed by atoms with Crippen molar-refractivity contribution in [3.8, 4) is 5.75 Å². The van der Waals surface area contributed by atoms with Gasteiger partial charge in [-0.25, -0.2) is 4.39 Å². The molecule has 0 spiro atoms. The number of halogens is 3. The zero-order valence-corrected chi connectivity index (χ0v) is 12.6. The standard InChI is InChI=1S/C15H14Cl2FNO/c1-9-3-4-14(20-2)10(5-9)8-19-11-6-12(16)15(18)13(17)7-11/h3-7,19H,8H2,1-2H3. The van der Waals surface area contributed by atoms with Gasteiger partial charge in [0.1, 0.15) is 5.75 Å². The number of nitrogens with one attached hydrogen (secondary N) is 1. The van der Waals surface area contributed by atoms with Gasteiger partial charge < -0.3 is 10.1 Å². The van der Waals surface area contributed by atoms with Crippen molar-refractivity contribution in [2.24, 2.45) is 0 Å². The maximum absolute atomic E-state index is 13.3. The Kier molecular flexibility index (Phi) is 4.73. The zero-order chi connectivity index (χ0) is 14.7. The topological polar surface area (TPSA) is 21.3 Å². The number of methoxy groups -OCH3 is 1. The van der Waals surface area contributed by atoms with Gasteiger partial charge in [-0.2, -0.15) is 0 Å². The van der Waals surface area contributed by atoms with E-state index < -0.39 is 5.82 Å². The molecule has 2 aromatic rings. The highest BCUT2D eigenvalue weighted by atomic mass is 35.5. The van der Waals surface area contributed by atoms with Gasteiger partial charge in [-0.15, -0.1) is 0 Å². The number of hydrogen-bond donors (Lipinski definition) is 1. The molecule has 20 heavy (non-hydrogen) atoms. The second-order valence-corrected chi connectivity index (χ2v) is 5.24. The lowest BCUT2D eigenvalue weighted by atomic mass is 10.1. The van der Waals surface area contributed by atoms with E-state index in [0.717, 1.165) is 16.9 Å². The van der Waals surface area contributed by atoms with E-state index in [1.54, 1.807) is 7.11 Å².